The average molecular weight is 305 g/mol. The quantitative estimate of drug-likeness (QED) is 0.732. The molecule has 6 nitrogen and oxygen atoms in total. The maximum Gasteiger partial charge on any atom is 0.235 e. The third-order valence-corrected chi connectivity index (χ3v) is 4.87. The van der Waals surface area contributed by atoms with E-state index in [1.54, 1.807) is 0 Å². The highest BCUT2D eigenvalue weighted by Crippen LogP contribution is 2.24. The molecule has 0 spiro atoms. The van der Waals surface area contributed by atoms with Crippen LogP contribution < -0.4 is 5.32 Å². The van der Waals surface area contributed by atoms with Crippen LogP contribution in [0.3, 0.4) is 0 Å². The van der Waals surface area contributed by atoms with Crippen molar-refractivity contribution in [3.05, 3.63) is 0 Å². The highest BCUT2D eigenvalue weighted by molar-refractivity contribution is 7.88. The number of rotatable bonds is 7. The van der Waals surface area contributed by atoms with Crippen LogP contribution in [0.2, 0.25) is 0 Å². The summed E-state index contributed by atoms with van der Waals surface area (Å²) in [6.45, 7) is 1.22. The van der Waals surface area contributed by atoms with E-state index in [-0.39, 0.29) is 18.5 Å². The lowest BCUT2D eigenvalue weighted by molar-refractivity contribution is -0.121. The van der Waals surface area contributed by atoms with Crippen molar-refractivity contribution < 1.29 is 13.2 Å². The van der Waals surface area contributed by atoms with E-state index in [9.17, 15) is 13.2 Å². The van der Waals surface area contributed by atoms with Crippen molar-refractivity contribution in [2.75, 3.05) is 40.0 Å². The minimum Gasteiger partial charge on any atom is -0.354 e. The van der Waals surface area contributed by atoms with E-state index in [4.69, 9.17) is 0 Å². The number of nitrogens with zero attached hydrogens (tertiary/aromatic N) is 2. The van der Waals surface area contributed by atoms with Gasteiger partial charge in [0.05, 0.1) is 12.8 Å². The second-order valence-electron chi connectivity index (χ2n) is 5.75. The average Bonchev–Trinajstić information content (AvgIpc) is 2.35. The maximum absolute atomic E-state index is 11.9. The molecule has 7 heteroatoms. The fourth-order valence-corrected chi connectivity index (χ4v) is 3.61. The molecule has 1 aliphatic carbocycles. The normalized spacial score (nSPS) is 17.6. The zero-order valence-electron chi connectivity index (χ0n) is 12.8. The minimum atomic E-state index is -3.34. The van der Waals surface area contributed by atoms with E-state index in [2.05, 4.69) is 5.32 Å². The lowest BCUT2D eigenvalue weighted by Gasteiger charge is -2.31. The van der Waals surface area contributed by atoms with Gasteiger partial charge in [-0.05, 0) is 26.9 Å². The zero-order valence-corrected chi connectivity index (χ0v) is 13.6. The van der Waals surface area contributed by atoms with Crippen molar-refractivity contribution in [3.63, 3.8) is 0 Å². The van der Waals surface area contributed by atoms with E-state index in [0.29, 0.717) is 6.54 Å². The van der Waals surface area contributed by atoms with E-state index in [0.717, 1.165) is 38.6 Å². The second-order valence-corrected chi connectivity index (χ2v) is 7.69. The number of hydrogen-bond donors (Lipinski definition) is 1. The summed E-state index contributed by atoms with van der Waals surface area (Å²) < 4.78 is 25.1. The highest BCUT2D eigenvalue weighted by Gasteiger charge is 2.29. The molecule has 0 unspecified atom stereocenters. The fourth-order valence-electron chi connectivity index (χ4n) is 2.50. The molecule has 0 saturated heterocycles. The number of sulfonamides is 1. The van der Waals surface area contributed by atoms with Gasteiger partial charge in [-0.15, -0.1) is 0 Å². The van der Waals surface area contributed by atoms with Crippen LogP contribution in [0.15, 0.2) is 0 Å². The molecule has 0 bridgehead atoms. The monoisotopic (exact) mass is 305 g/mol. The van der Waals surface area contributed by atoms with Gasteiger partial charge in [-0.25, -0.2) is 8.42 Å². The van der Waals surface area contributed by atoms with Crippen LogP contribution in [0.25, 0.3) is 0 Å². The first-order chi connectivity index (χ1) is 9.30. The molecule has 1 rings (SSSR count). The highest BCUT2D eigenvalue weighted by atomic mass is 32.2. The maximum atomic E-state index is 11.9. The van der Waals surface area contributed by atoms with E-state index >= 15 is 0 Å². The van der Waals surface area contributed by atoms with E-state index < -0.39 is 10.0 Å². The van der Waals surface area contributed by atoms with Gasteiger partial charge in [0, 0.05) is 19.1 Å². The summed E-state index contributed by atoms with van der Waals surface area (Å²) in [5, 5.41) is 2.77. The molecule has 0 aromatic heterocycles. The van der Waals surface area contributed by atoms with Crippen molar-refractivity contribution >= 4 is 15.9 Å². The molecule has 0 atom stereocenters. The Morgan fingerprint density at radius 3 is 2.30 bits per heavy atom. The second kappa shape index (κ2) is 7.95. The van der Waals surface area contributed by atoms with Crippen molar-refractivity contribution in [1.29, 1.82) is 0 Å². The molecule has 1 amide bonds. The predicted molar refractivity (Wildman–Crippen MR) is 80.0 cm³/mol. The van der Waals surface area contributed by atoms with Crippen molar-refractivity contribution in [1.82, 2.24) is 14.5 Å². The van der Waals surface area contributed by atoms with Crippen LogP contribution in [0.4, 0.5) is 0 Å². The first kappa shape index (κ1) is 17.4. The van der Waals surface area contributed by atoms with Crippen molar-refractivity contribution in [3.8, 4) is 0 Å². The van der Waals surface area contributed by atoms with Gasteiger partial charge in [0.1, 0.15) is 0 Å². The topological polar surface area (TPSA) is 69.7 Å². The van der Waals surface area contributed by atoms with Gasteiger partial charge < -0.3 is 10.2 Å². The molecule has 118 valence electrons. The SMILES string of the molecule is CN(C)CCNC(=O)CN(C1CCCCC1)S(C)(=O)=O. The smallest absolute Gasteiger partial charge is 0.235 e. The van der Waals surface area contributed by atoms with Crippen LogP contribution in [-0.4, -0.2) is 69.6 Å². The summed E-state index contributed by atoms with van der Waals surface area (Å²) >= 11 is 0. The van der Waals surface area contributed by atoms with Crippen molar-refractivity contribution in [2.24, 2.45) is 0 Å². The zero-order chi connectivity index (χ0) is 15.2. The Morgan fingerprint density at radius 2 is 1.80 bits per heavy atom. The molecule has 1 saturated carbocycles. The Bertz CT molecular complexity index is 403. The summed E-state index contributed by atoms with van der Waals surface area (Å²) in [5.74, 6) is -0.220. The van der Waals surface area contributed by atoms with Crippen LogP contribution in [0.5, 0.6) is 0 Å². The molecule has 0 aromatic rings. The standard InChI is InChI=1S/C13H27N3O3S/c1-15(2)10-9-14-13(17)11-16(20(3,18)19)12-7-5-4-6-8-12/h12H,4-11H2,1-3H3,(H,14,17). The number of carbonyl (C=O) groups excluding carboxylic acids is 1. The minimum absolute atomic E-state index is 0.0154. The van der Waals surface area contributed by atoms with Crippen molar-refractivity contribution in [2.45, 2.75) is 38.1 Å². The third kappa shape index (κ3) is 6.19. The van der Waals surface area contributed by atoms with Gasteiger partial charge in [-0.2, -0.15) is 4.31 Å². The summed E-state index contributed by atoms with van der Waals surface area (Å²) in [6, 6.07) is -0.0154. The Kier molecular flexibility index (Phi) is 6.91. The summed E-state index contributed by atoms with van der Waals surface area (Å²) in [7, 11) is 0.516. The lowest BCUT2D eigenvalue weighted by atomic mass is 9.95. The molecular weight excluding hydrogens is 278 g/mol. The number of likely N-dealkylation sites (N-methyl/N-ethyl adjacent to an activating group) is 1. The van der Waals surface area contributed by atoms with Crippen LogP contribution in [0.1, 0.15) is 32.1 Å². The van der Waals surface area contributed by atoms with Gasteiger partial charge in [0.15, 0.2) is 0 Å². The first-order valence-corrected chi connectivity index (χ1v) is 9.04. The molecule has 1 fully saturated rings. The van der Waals surface area contributed by atoms with Gasteiger partial charge in [-0.3, -0.25) is 4.79 Å². The number of carbonyl (C=O) groups is 1. The van der Waals surface area contributed by atoms with Crippen LogP contribution >= 0.6 is 0 Å². The molecule has 1 N–H and O–H groups in total. The van der Waals surface area contributed by atoms with E-state index in [1.807, 2.05) is 19.0 Å². The van der Waals surface area contributed by atoms with Crippen LogP contribution in [-0.2, 0) is 14.8 Å². The molecule has 0 aromatic carbocycles. The molecule has 1 aliphatic rings. The molecule has 0 aliphatic heterocycles. The summed E-state index contributed by atoms with van der Waals surface area (Å²) in [5.41, 5.74) is 0. The Balaban J connectivity index is 2.54. The predicted octanol–water partition coefficient (Wildman–Crippen LogP) is 0.259. The molecule has 0 heterocycles. The Hall–Kier alpha value is -0.660. The van der Waals surface area contributed by atoms with Gasteiger partial charge in [0.25, 0.3) is 0 Å². The third-order valence-electron chi connectivity index (χ3n) is 3.59. The van der Waals surface area contributed by atoms with Gasteiger partial charge in [-0.1, -0.05) is 19.3 Å². The fraction of sp³-hybridized carbons (Fsp3) is 0.923. The number of nitrogens with one attached hydrogen (secondary N) is 1. The molecule has 0 radical (unpaired) electrons. The molecule has 20 heavy (non-hydrogen) atoms. The largest absolute Gasteiger partial charge is 0.354 e. The van der Waals surface area contributed by atoms with E-state index in [1.165, 1.54) is 10.6 Å². The van der Waals surface area contributed by atoms with Gasteiger partial charge >= 0.3 is 0 Å². The van der Waals surface area contributed by atoms with Gasteiger partial charge in [0.2, 0.25) is 15.9 Å². The first-order valence-electron chi connectivity index (χ1n) is 7.19. The summed E-state index contributed by atoms with van der Waals surface area (Å²) in [4.78, 5) is 13.9. The Morgan fingerprint density at radius 1 is 1.20 bits per heavy atom. The lowest BCUT2D eigenvalue weighted by Crippen LogP contribution is -2.47. The summed E-state index contributed by atoms with van der Waals surface area (Å²) in [6.07, 6.45) is 6.14. The number of amides is 1. The van der Waals surface area contributed by atoms with Crippen LogP contribution in [0, 0.1) is 0 Å². The number of hydrogen-bond acceptors (Lipinski definition) is 4. The Labute approximate surface area is 122 Å². The molecular formula is C13H27N3O3S.